The summed E-state index contributed by atoms with van der Waals surface area (Å²) in [7, 11) is -0.437. The summed E-state index contributed by atoms with van der Waals surface area (Å²) in [5.74, 6) is 0. The van der Waals surface area contributed by atoms with Gasteiger partial charge in [0.15, 0.2) is 0 Å². The zero-order chi connectivity index (χ0) is 23.5. The molecule has 6 rings (SSSR count). The number of para-hydroxylation sites is 1. The van der Waals surface area contributed by atoms with E-state index in [0.29, 0.717) is 0 Å². The maximum atomic E-state index is 6.43. The van der Waals surface area contributed by atoms with Gasteiger partial charge < -0.3 is 13.7 Å². The third kappa shape index (κ3) is 3.37. The smallest absolute Gasteiger partial charge is 0.456 e. The lowest BCUT2D eigenvalue weighted by Gasteiger charge is -2.32. The zero-order valence-corrected chi connectivity index (χ0v) is 20.0. The average molecular weight is 446 g/mol. The lowest BCUT2D eigenvalue weighted by atomic mass is 9.76. The fourth-order valence-corrected chi connectivity index (χ4v) is 4.73. The largest absolute Gasteiger partial charge is 0.494 e. The molecule has 0 radical (unpaired) electrons. The first kappa shape index (κ1) is 21.2. The summed E-state index contributed by atoms with van der Waals surface area (Å²) in [4.78, 5) is 0. The lowest BCUT2D eigenvalue weighted by Crippen LogP contribution is -2.41. The maximum Gasteiger partial charge on any atom is 0.494 e. The average Bonchev–Trinajstić information content (AvgIpc) is 3.32. The van der Waals surface area contributed by atoms with Gasteiger partial charge in [0.1, 0.15) is 11.2 Å². The first-order valence-electron chi connectivity index (χ1n) is 11.8. The Balaban J connectivity index is 1.58. The van der Waals surface area contributed by atoms with E-state index < -0.39 is 18.3 Å². The molecule has 0 saturated carbocycles. The van der Waals surface area contributed by atoms with Gasteiger partial charge in [-0.15, -0.1) is 0 Å². The SMILES string of the molecule is CC1(C)OB(c2cc(-c3ccccc3)cc(-c3cccc4oc5ccccc5c34)c2)OC1(C)C. The van der Waals surface area contributed by atoms with Crippen molar-refractivity contribution in [1.82, 2.24) is 0 Å². The maximum absolute atomic E-state index is 6.43. The van der Waals surface area contributed by atoms with Crippen molar-refractivity contribution in [3.63, 3.8) is 0 Å². The van der Waals surface area contributed by atoms with E-state index in [0.717, 1.165) is 49.7 Å². The van der Waals surface area contributed by atoms with Crippen molar-refractivity contribution in [2.75, 3.05) is 0 Å². The number of hydrogen-bond donors (Lipinski definition) is 0. The summed E-state index contributed by atoms with van der Waals surface area (Å²) in [6, 6.07) is 31.6. The second-order valence-corrected chi connectivity index (χ2v) is 10.1. The molecule has 2 heterocycles. The predicted molar refractivity (Wildman–Crippen MR) is 140 cm³/mol. The number of furan rings is 1. The van der Waals surface area contributed by atoms with Crippen molar-refractivity contribution < 1.29 is 13.7 Å². The number of hydrogen-bond acceptors (Lipinski definition) is 3. The first-order chi connectivity index (χ1) is 16.3. The minimum atomic E-state index is -0.437. The third-order valence-corrected chi connectivity index (χ3v) is 7.30. The highest BCUT2D eigenvalue weighted by atomic mass is 16.7. The van der Waals surface area contributed by atoms with E-state index in [2.05, 4.69) is 94.4 Å². The molecule has 1 saturated heterocycles. The molecule has 3 nitrogen and oxygen atoms in total. The molecule has 0 N–H and O–H groups in total. The number of benzene rings is 4. The molecule has 0 amide bonds. The van der Waals surface area contributed by atoms with Crippen LogP contribution in [-0.4, -0.2) is 18.3 Å². The molecule has 5 aromatic rings. The first-order valence-corrected chi connectivity index (χ1v) is 11.8. The van der Waals surface area contributed by atoms with Crippen molar-refractivity contribution in [2.45, 2.75) is 38.9 Å². The Kier molecular flexibility index (Phi) is 4.74. The summed E-state index contributed by atoms with van der Waals surface area (Å²) >= 11 is 0. The van der Waals surface area contributed by atoms with Crippen molar-refractivity contribution >= 4 is 34.5 Å². The van der Waals surface area contributed by atoms with Crippen molar-refractivity contribution in [3.8, 4) is 22.3 Å². The molecular formula is C30H27BO3. The topological polar surface area (TPSA) is 31.6 Å². The summed E-state index contributed by atoms with van der Waals surface area (Å²) in [5, 5.41) is 2.25. The number of fused-ring (bicyclic) bond motifs is 3. The van der Waals surface area contributed by atoms with Crippen LogP contribution in [0.1, 0.15) is 27.7 Å². The van der Waals surface area contributed by atoms with Crippen LogP contribution >= 0.6 is 0 Å². The lowest BCUT2D eigenvalue weighted by molar-refractivity contribution is 0.00578. The summed E-state index contributed by atoms with van der Waals surface area (Å²) in [5.41, 5.74) is 6.54. The molecule has 168 valence electrons. The van der Waals surface area contributed by atoms with Gasteiger partial charge in [-0.3, -0.25) is 0 Å². The van der Waals surface area contributed by atoms with Gasteiger partial charge in [-0.25, -0.2) is 0 Å². The van der Waals surface area contributed by atoms with Gasteiger partial charge in [-0.1, -0.05) is 72.8 Å². The molecule has 4 aromatic carbocycles. The van der Waals surface area contributed by atoms with Crippen LogP contribution in [0, 0.1) is 0 Å². The van der Waals surface area contributed by atoms with Gasteiger partial charge in [0.05, 0.1) is 11.2 Å². The van der Waals surface area contributed by atoms with Crippen LogP contribution in [0.3, 0.4) is 0 Å². The van der Waals surface area contributed by atoms with E-state index in [4.69, 9.17) is 13.7 Å². The molecule has 0 unspecified atom stereocenters. The van der Waals surface area contributed by atoms with E-state index >= 15 is 0 Å². The van der Waals surface area contributed by atoms with E-state index in [1.165, 1.54) is 0 Å². The molecular weight excluding hydrogens is 419 g/mol. The summed E-state index contributed by atoms with van der Waals surface area (Å²) in [6.45, 7) is 8.36. The monoisotopic (exact) mass is 446 g/mol. The molecule has 1 fully saturated rings. The Morgan fingerprint density at radius 2 is 1.24 bits per heavy atom. The van der Waals surface area contributed by atoms with Gasteiger partial charge in [0, 0.05) is 10.8 Å². The fraction of sp³-hybridized carbons (Fsp3) is 0.200. The Morgan fingerprint density at radius 1 is 0.588 bits per heavy atom. The zero-order valence-electron chi connectivity index (χ0n) is 20.0. The molecule has 0 bridgehead atoms. The molecule has 1 aliphatic heterocycles. The Labute approximate surface area is 200 Å². The quantitative estimate of drug-likeness (QED) is 0.274. The van der Waals surface area contributed by atoms with Gasteiger partial charge in [-0.2, -0.15) is 0 Å². The van der Waals surface area contributed by atoms with Crippen LogP contribution < -0.4 is 5.46 Å². The molecule has 0 atom stereocenters. The Bertz CT molecular complexity index is 1500. The van der Waals surface area contributed by atoms with E-state index in [-0.39, 0.29) is 0 Å². The summed E-state index contributed by atoms with van der Waals surface area (Å²) in [6.07, 6.45) is 0. The van der Waals surface area contributed by atoms with Crippen molar-refractivity contribution in [3.05, 3.63) is 91.0 Å². The van der Waals surface area contributed by atoms with Crippen LogP contribution in [0.4, 0.5) is 0 Å². The van der Waals surface area contributed by atoms with E-state index in [1.807, 2.05) is 24.3 Å². The Morgan fingerprint density at radius 3 is 2.00 bits per heavy atom. The van der Waals surface area contributed by atoms with Crippen LogP contribution in [0.15, 0.2) is 95.4 Å². The van der Waals surface area contributed by atoms with Crippen molar-refractivity contribution in [1.29, 1.82) is 0 Å². The van der Waals surface area contributed by atoms with Gasteiger partial charge >= 0.3 is 7.12 Å². The highest BCUT2D eigenvalue weighted by Crippen LogP contribution is 2.39. The standard InChI is InChI=1S/C30H27BO3/c1-29(2)30(3,4)34-31(33-29)23-18-21(20-11-6-5-7-12-20)17-22(19-23)24-14-10-16-27-28(24)25-13-8-9-15-26(25)32-27/h5-19H,1-4H3. The molecule has 0 spiro atoms. The third-order valence-electron chi connectivity index (χ3n) is 7.30. The van der Waals surface area contributed by atoms with Crippen molar-refractivity contribution in [2.24, 2.45) is 0 Å². The normalized spacial score (nSPS) is 17.0. The summed E-state index contributed by atoms with van der Waals surface area (Å²) < 4.78 is 19.0. The molecule has 34 heavy (non-hydrogen) atoms. The fourth-order valence-electron chi connectivity index (χ4n) is 4.73. The van der Waals surface area contributed by atoms with Crippen LogP contribution in [0.5, 0.6) is 0 Å². The predicted octanol–water partition coefficient (Wildman–Crippen LogP) is 7.22. The molecule has 0 aliphatic carbocycles. The Hall–Kier alpha value is -3.34. The number of rotatable bonds is 3. The minimum absolute atomic E-state index is 0.401. The molecule has 4 heteroatoms. The van der Waals surface area contributed by atoms with Gasteiger partial charge in [-0.05, 0) is 73.6 Å². The minimum Gasteiger partial charge on any atom is -0.456 e. The van der Waals surface area contributed by atoms with Gasteiger partial charge in [0.2, 0.25) is 0 Å². The highest BCUT2D eigenvalue weighted by Gasteiger charge is 2.51. The van der Waals surface area contributed by atoms with Crippen LogP contribution in [0.2, 0.25) is 0 Å². The van der Waals surface area contributed by atoms with Gasteiger partial charge in [0.25, 0.3) is 0 Å². The second kappa shape index (κ2) is 7.59. The van der Waals surface area contributed by atoms with E-state index in [1.54, 1.807) is 0 Å². The second-order valence-electron chi connectivity index (χ2n) is 10.1. The van der Waals surface area contributed by atoms with E-state index in [9.17, 15) is 0 Å². The molecule has 1 aliphatic rings. The highest BCUT2D eigenvalue weighted by molar-refractivity contribution is 6.62. The van der Waals surface area contributed by atoms with Crippen LogP contribution in [-0.2, 0) is 9.31 Å². The van der Waals surface area contributed by atoms with Crippen LogP contribution in [0.25, 0.3) is 44.2 Å². The molecule has 1 aromatic heterocycles.